The van der Waals surface area contributed by atoms with Gasteiger partial charge in [0.15, 0.2) is 0 Å². The second-order valence-corrected chi connectivity index (χ2v) is 8.48. The van der Waals surface area contributed by atoms with Crippen LogP contribution in [-0.2, 0) is 20.9 Å². The van der Waals surface area contributed by atoms with E-state index in [-0.39, 0.29) is 30.1 Å². The Labute approximate surface area is 176 Å². The van der Waals surface area contributed by atoms with Gasteiger partial charge in [0.25, 0.3) is 0 Å². The summed E-state index contributed by atoms with van der Waals surface area (Å²) in [7, 11) is 0. The van der Waals surface area contributed by atoms with Crippen molar-refractivity contribution in [1.29, 1.82) is 0 Å². The fourth-order valence-electron chi connectivity index (χ4n) is 4.82. The summed E-state index contributed by atoms with van der Waals surface area (Å²) in [6.45, 7) is 3.39. The first-order chi connectivity index (χ1) is 14.6. The van der Waals surface area contributed by atoms with E-state index in [2.05, 4.69) is 16.0 Å². The third-order valence-electron chi connectivity index (χ3n) is 6.62. The zero-order chi connectivity index (χ0) is 21.0. The highest BCUT2D eigenvalue weighted by Gasteiger charge is 2.51. The summed E-state index contributed by atoms with van der Waals surface area (Å²) < 4.78 is 5.39. The summed E-state index contributed by atoms with van der Waals surface area (Å²) in [6.07, 6.45) is 5.03. The van der Waals surface area contributed by atoms with Crippen LogP contribution in [-0.4, -0.2) is 60.1 Å². The third-order valence-corrected chi connectivity index (χ3v) is 6.62. The number of hydrogen-bond donors (Lipinski definition) is 3. The molecule has 4 heterocycles. The number of carbonyl (C=O) groups excluding carboxylic acids is 3. The van der Waals surface area contributed by atoms with E-state index < -0.39 is 5.54 Å². The Morgan fingerprint density at radius 3 is 2.33 bits per heavy atom. The summed E-state index contributed by atoms with van der Waals surface area (Å²) in [5.74, 6) is 0.169. The number of amides is 3. The predicted molar refractivity (Wildman–Crippen MR) is 111 cm³/mol. The lowest BCUT2D eigenvalue weighted by atomic mass is 9.87. The molecule has 1 aromatic carbocycles. The van der Waals surface area contributed by atoms with Crippen molar-refractivity contribution in [2.45, 2.75) is 56.2 Å². The van der Waals surface area contributed by atoms with Crippen LogP contribution in [0.25, 0.3) is 0 Å². The van der Waals surface area contributed by atoms with Crippen LogP contribution in [0.3, 0.4) is 0 Å². The normalized spacial score (nSPS) is 29.7. The molecule has 0 bridgehead atoms. The van der Waals surface area contributed by atoms with Crippen molar-refractivity contribution in [1.82, 2.24) is 20.9 Å². The molecule has 4 fully saturated rings. The molecule has 8 nitrogen and oxygen atoms in total. The second-order valence-electron chi connectivity index (χ2n) is 8.48. The molecule has 30 heavy (non-hydrogen) atoms. The van der Waals surface area contributed by atoms with Gasteiger partial charge >= 0.3 is 6.09 Å². The van der Waals surface area contributed by atoms with Gasteiger partial charge in [-0.2, -0.15) is 0 Å². The van der Waals surface area contributed by atoms with Crippen molar-refractivity contribution < 1.29 is 19.1 Å². The Hall–Kier alpha value is -2.61. The molecule has 0 aromatic heterocycles. The minimum atomic E-state index is -0.675. The molecule has 0 saturated carbocycles. The van der Waals surface area contributed by atoms with Crippen molar-refractivity contribution in [2.24, 2.45) is 0 Å². The third kappa shape index (κ3) is 3.88. The van der Waals surface area contributed by atoms with E-state index in [0.29, 0.717) is 13.1 Å². The van der Waals surface area contributed by atoms with Gasteiger partial charge in [-0.05, 0) is 50.6 Å². The van der Waals surface area contributed by atoms with E-state index in [1.165, 1.54) is 0 Å². The molecule has 4 aliphatic heterocycles. The number of nitrogens with one attached hydrogen (secondary N) is 3. The lowest BCUT2D eigenvalue weighted by Crippen LogP contribution is -2.69. The maximum absolute atomic E-state index is 12.4. The Bertz CT molecular complexity index is 794. The van der Waals surface area contributed by atoms with Crippen molar-refractivity contribution in [3.05, 3.63) is 35.9 Å². The van der Waals surface area contributed by atoms with Crippen LogP contribution in [0.2, 0.25) is 0 Å². The molecule has 162 valence electrons. The van der Waals surface area contributed by atoms with E-state index in [9.17, 15) is 14.4 Å². The fraction of sp³-hybridized carbons (Fsp3) is 0.591. The van der Waals surface area contributed by atoms with Gasteiger partial charge in [-0.15, -0.1) is 0 Å². The first kappa shape index (κ1) is 20.7. The number of benzene rings is 1. The Kier molecular flexibility index (Phi) is 5.94. The maximum atomic E-state index is 12.4. The lowest BCUT2D eigenvalue weighted by Gasteiger charge is -2.39. The number of ether oxygens (including phenoxy) is 1. The van der Waals surface area contributed by atoms with E-state index in [4.69, 9.17) is 4.74 Å². The number of likely N-dealkylation sites (tertiary alicyclic amines) is 1. The summed E-state index contributed by atoms with van der Waals surface area (Å²) in [5.41, 5.74) is 0.152. The van der Waals surface area contributed by atoms with Gasteiger partial charge < -0.3 is 20.7 Å². The van der Waals surface area contributed by atoms with E-state index in [1.54, 1.807) is 4.90 Å². The summed E-state index contributed by atoms with van der Waals surface area (Å²) in [4.78, 5) is 37.1. The number of rotatable bonds is 2. The topological polar surface area (TPSA) is 99.8 Å². The molecule has 3 N–H and O–H groups in total. The number of nitrogens with zero attached hydrogens (tertiary/aromatic N) is 1. The van der Waals surface area contributed by atoms with Crippen molar-refractivity contribution in [3.8, 4) is 0 Å². The van der Waals surface area contributed by atoms with Gasteiger partial charge in [0.05, 0.1) is 0 Å². The van der Waals surface area contributed by atoms with Crippen molar-refractivity contribution in [2.75, 3.05) is 26.2 Å². The first-order valence-electron chi connectivity index (χ1n) is 10.9. The van der Waals surface area contributed by atoms with Crippen LogP contribution in [0.15, 0.2) is 30.3 Å². The number of β-lactam (4-membered cyclic amide) rings is 1. The lowest BCUT2D eigenvalue weighted by molar-refractivity contribution is -0.134. The monoisotopic (exact) mass is 414 g/mol. The van der Waals surface area contributed by atoms with Gasteiger partial charge in [-0.1, -0.05) is 30.3 Å². The minimum absolute atomic E-state index is 0.0251. The molecule has 5 rings (SSSR count). The highest BCUT2D eigenvalue weighted by molar-refractivity contribution is 5.93. The highest BCUT2D eigenvalue weighted by atomic mass is 16.6. The van der Waals surface area contributed by atoms with Crippen LogP contribution in [0.1, 0.15) is 44.1 Å². The van der Waals surface area contributed by atoms with Crippen LogP contribution in [0.5, 0.6) is 0 Å². The fourth-order valence-corrected chi connectivity index (χ4v) is 4.82. The molecule has 2 spiro atoms. The van der Waals surface area contributed by atoms with Crippen LogP contribution < -0.4 is 16.0 Å². The molecule has 2 unspecified atom stereocenters. The quantitative estimate of drug-likeness (QED) is 0.634. The number of hydrogen-bond acceptors (Lipinski definition) is 5. The molecule has 0 aliphatic carbocycles. The smallest absolute Gasteiger partial charge is 0.411 e. The second kappa shape index (κ2) is 8.63. The molecular weight excluding hydrogens is 384 g/mol. The Morgan fingerprint density at radius 2 is 1.73 bits per heavy atom. The summed E-state index contributed by atoms with van der Waals surface area (Å²) >= 11 is 0. The summed E-state index contributed by atoms with van der Waals surface area (Å²) in [6, 6.07) is 9.58. The van der Waals surface area contributed by atoms with Crippen LogP contribution in [0, 0.1) is 0 Å². The largest absolute Gasteiger partial charge is 0.445 e. The highest BCUT2D eigenvalue weighted by Crippen LogP contribution is 2.36. The molecular formula is C22H30N4O4. The molecule has 4 aliphatic rings. The van der Waals surface area contributed by atoms with Gasteiger partial charge in [0.2, 0.25) is 11.8 Å². The van der Waals surface area contributed by atoms with E-state index in [0.717, 1.165) is 57.2 Å². The average molecular weight is 415 g/mol. The average Bonchev–Trinajstić information content (AvgIpc) is 3.44. The molecule has 3 amide bonds. The molecule has 0 radical (unpaired) electrons. The zero-order valence-corrected chi connectivity index (χ0v) is 17.2. The standard InChI is InChI=1S/C16H20N2O3.C6H10N2O/c19-14-16(8-4-10-17-14)9-5-11-18(16)15(20)21-12-13-6-2-1-3-7-13;9-5-6(4-7-5)2-1-3-8-6/h1-3,6-7H,4-5,8-12H2,(H,17,19);8H,1-4H2,(H,7,9). The molecule has 2 atom stereocenters. The summed E-state index contributed by atoms with van der Waals surface area (Å²) in [5, 5.41) is 8.83. The zero-order valence-electron chi connectivity index (χ0n) is 17.2. The van der Waals surface area contributed by atoms with Gasteiger partial charge in [0, 0.05) is 19.6 Å². The van der Waals surface area contributed by atoms with Crippen molar-refractivity contribution >= 4 is 17.9 Å². The van der Waals surface area contributed by atoms with Crippen LogP contribution in [0.4, 0.5) is 4.79 Å². The maximum Gasteiger partial charge on any atom is 0.411 e. The van der Waals surface area contributed by atoms with E-state index >= 15 is 0 Å². The predicted octanol–water partition coefficient (Wildman–Crippen LogP) is 1.31. The minimum Gasteiger partial charge on any atom is -0.445 e. The molecule has 8 heteroatoms. The SMILES string of the molecule is O=C(OCc1ccccc1)N1CCCC12CCCNC2=O.O=C1NCC12CCCN2. The number of piperidine rings is 1. The number of carbonyl (C=O) groups is 3. The van der Waals surface area contributed by atoms with Gasteiger partial charge in [0.1, 0.15) is 17.7 Å². The Balaban J connectivity index is 0.000000200. The van der Waals surface area contributed by atoms with Gasteiger partial charge in [-0.25, -0.2) is 4.79 Å². The first-order valence-corrected chi connectivity index (χ1v) is 10.9. The Morgan fingerprint density at radius 1 is 0.967 bits per heavy atom. The molecule has 4 saturated heterocycles. The van der Waals surface area contributed by atoms with Crippen molar-refractivity contribution in [3.63, 3.8) is 0 Å². The van der Waals surface area contributed by atoms with Gasteiger partial charge in [-0.3, -0.25) is 14.5 Å². The molecule has 1 aromatic rings. The van der Waals surface area contributed by atoms with E-state index in [1.807, 2.05) is 30.3 Å². The van der Waals surface area contributed by atoms with Crippen LogP contribution >= 0.6 is 0 Å².